The normalized spacial score (nSPS) is 17.1. The summed E-state index contributed by atoms with van der Waals surface area (Å²) < 4.78 is 1.81. The summed E-state index contributed by atoms with van der Waals surface area (Å²) in [5.74, 6) is 0.924. The first-order chi connectivity index (χ1) is 8.78. The van der Waals surface area contributed by atoms with Gasteiger partial charge in [0.15, 0.2) is 5.96 Å². The lowest BCUT2D eigenvalue weighted by Crippen LogP contribution is -2.42. The minimum Gasteiger partial charge on any atom is -0.357 e. The van der Waals surface area contributed by atoms with Gasteiger partial charge in [-0.25, -0.2) is 4.99 Å². The maximum absolute atomic E-state index is 4.60. The molecule has 1 heterocycles. The molecule has 2 N–H and O–H groups in total. The maximum Gasteiger partial charge on any atom is 0.191 e. The van der Waals surface area contributed by atoms with E-state index in [9.17, 15) is 0 Å². The summed E-state index contributed by atoms with van der Waals surface area (Å²) in [6, 6.07) is 0.594. The van der Waals surface area contributed by atoms with E-state index in [0.29, 0.717) is 12.6 Å². The van der Waals surface area contributed by atoms with E-state index in [2.05, 4.69) is 27.6 Å². The Kier molecular flexibility index (Phi) is 4.61. The Labute approximate surface area is 109 Å². The molecule has 1 aliphatic rings. The zero-order chi connectivity index (χ0) is 12.8. The lowest BCUT2D eigenvalue weighted by atomic mass is 10.2. The van der Waals surface area contributed by atoms with Crippen LogP contribution in [-0.4, -0.2) is 28.3 Å². The van der Waals surface area contributed by atoms with Crippen molar-refractivity contribution in [3.8, 4) is 0 Å². The Morgan fingerprint density at radius 1 is 1.50 bits per heavy atom. The Hall–Kier alpha value is -1.52. The van der Waals surface area contributed by atoms with Crippen LogP contribution in [0.3, 0.4) is 0 Å². The molecule has 1 aromatic heterocycles. The summed E-state index contributed by atoms with van der Waals surface area (Å²) in [7, 11) is 1.93. The highest BCUT2D eigenvalue weighted by atomic mass is 15.2. The number of rotatable bonds is 4. The first-order valence-corrected chi connectivity index (χ1v) is 6.80. The van der Waals surface area contributed by atoms with Gasteiger partial charge >= 0.3 is 0 Å². The van der Waals surface area contributed by atoms with Gasteiger partial charge in [0.25, 0.3) is 0 Å². The summed E-state index contributed by atoms with van der Waals surface area (Å²) >= 11 is 0. The van der Waals surface area contributed by atoms with E-state index in [-0.39, 0.29) is 0 Å². The van der Waals surface area contributed by atoms with Crippen molar-refractivity contribution >= 4 is 5.96 Å². The zero-order valence-corrected chi connectivity index (χ0v) is 11.3. The minimum atomic E-state index is 0.594. The maximum atomic E-state index is 4.60. The van der Waals surface area contributed by atoms with E-state index >= 15 is 0 Å². The van der Waals surface area contributed by atoms with Crippen LogP contribution in [0.4, 0.5) is 0 Å². The van der Waals surface area contributed by atoms with Crippen molar-refractivity contribution in [2.24, 2.45) is 12.0 Å². The summed E-state index contributed by atoms with van der Waals surface area (Å²) in [5.41, 5.74) is 1.14. The molecule has 5 heteroatoms. The fourth-order valence-electron chi connectivity index (χ4n) is 2.31. The molecule has 0 radical (unpaired) electrons. The lowest BCUT2D eigenvalue weighted by Gasteiger charge is -2.16. The third-order valence-electron chi connectivity index (χ3n) is 3.22. The van der Waals surface area contributed by atoms with E-state index in [0.717, 1.165) is 18.1 Å². The zero-order valence-electron chi connectivity index (χ0n) is 11.3. The van der Waals surface area contributed by atoms with Gasteiger partial charge in [0.2, 0.25) is 0 Å². The van der Waals surface area contributed by atoms with Crippen LogP contribution < -0.4 is 10.6 Å². The predicted octanol–water partition coefficient (Wildman–Crippen LogP) is 1.42. The third-order valence-corrected chi connectivity index (χ3v) is 3.22. The molecule has 0 aliphatic heterocycles. The molecular weight excluding hydrogens is 226 g/mol. The molecule has 5 nitrogen and oxygen atoms in total. The second-order valence-electron chi connectivity index (χ2n) is 4.84. The van der Waals surface area contributed by atoms with Crippen LogP contribution in [0.2, 0.25) is 0 Å². The molecule has 18 heavy (non-hydrogen) atoms. The van der Waals surface area contributed by atoms with Crippen LogP contribution in [0.15, 0.2) is 17.4 Å². The molecule has 0 unspecified atom stereocenters. The van der Waals surface area contributed by atoms with Gasteiger partial charge in [0.1, 0.15) is 0 Å². The van der Waals surface area contributed by atoms with Crippen LogP contribution in [-0.2, 0) is 13.6 Å². The molecule has 2 rings (SSSR count). The topological polar surface area (TPSA) is 54.2 Å². The Morgan fingerprint density at radius 2 is 2.28 bits per heavy atom. The molecule has 1 aromatic rings. The number of nitrogens with one attached hydrogen (secondary N) is 2. The van der Waals surface area contributed by atoms with Gasteiger partial charge < -0.3 is 10.6 Å². The Morgan fingerprint density at radius 3 is 2.89 bits per heavy atom. The van der Waals surface area contributed by atoms with Crippen molar-refractivity contribution < 1.29 is 0 Å². The Bertz CT molecular complexity index is 390. The van der Waals surface area contributed by atoms with Crippen molar-refractivity contribution in [1.82, 2.24) is 20.4 Å². The molecule has 0 aromatic carbocycles. The van der Waals surface area contributed by atoms with Gasteiger partial charge in [-0.3, -0.25) is 4.68 Å². The lowest BCUT2D eigenvalue weighted by molar-refractivity contribution is 0.614. The molecule has 100 valence electrons. The summed E-state index contributed by atoms with van der Waals surface area (Å²) in [5, 5.41) is 11.0. The van der Waals surface area contributed by atoms with Gasteiger partial charge in [-0.05, 0) is 19.8 Å². The highest BCUT2D eigenvalue weighted by Gasteiger charge is 2.15. The standard InChI is InChI=1S/C13H23N5/c1-3-14-13(17-12-6-4-5-7-12)15-8-11-9-16-18(2)10-11/h9-10,12H,3-8H2,1-2H3,(H2,14,15,17). The monoisotopic (exact) mass is 249 g/mol. The number of hydrogen-bond donors (Lipinski definition) is 2. The average molecular weight is 249 g/mol. The molecule has 0 atom stereocenters. The van der Waals surface area contributed by atoms with Gasteiger partial charge in [-0.1, -0.05) is 12.8 Å². The number of nitrogens with zero attached hydrogens (tertiary/aromatic N) is 3. The number of aryl methyl sites for hydroxylation is 1. The fourth-order valence-corrected chi connectivity index (χ4v) is 2.31. The molecule has 1 fully saturated rings. The highest BCUT2D eigenvalue weighted by Crippen LogP contribution is 2.17. The molecule has 1 saturated carbocycles. The summed E-state index contributed by atoms with van der Waals surface area (Å²) in [4.78, 5) is 4.60. The van der Waals surface area contributed by atoms with E-state index in [1.807, 2.05) is 24.1 Å². The molecule has 0 saturated heterocycles. The van der Waals surface area contributed by atoms with Gasteiger partial charge in [0.05, 0.1) is 12.7 Å². The van der Waals surface area contributed by atoms with Crippen LogP contribution in [0, 0.1) is 0 Å². The fraction of sp³-hybridized carbons (Fsp3) is 0.692. The molecule has 0 amide bonds. The molecule has 1 aliphatic carbocycles. The first kappa shape index (κ1) is 12.9. The van der Waals surface area contributed by atoms with Gasteiger partial charge in [-0.15, -0.1) is 0 Å². The number of hydrogen-bond acceptors (Lipinski definition) is 2. The van der Waals surface area contributed by atoms with Crippen LogP contribution in [0.25, 0.3) is 0 Å². The Balaban J connectivity index is 1.90. The van der Waals surface area contributed by atoms with Gasteiger partial charge in [0, 0.05) is 31.4 Å². The molecular formula is C13H23N5. The SMILES string of the molecule is CCNC(=NCc1cnn(C)c1)NC1CCCC1. The van der Waals surface area contributed by atoms with E-state index in [4.69, 9.17) is 0 Å². The second-order valence-corrected chi connectivity index (χ2v) is 4.84. The number of guanidine groups is 1. The minimum absolute atomic E-state index is 0.594. The average Bonchev–Trinajstić information content (AvgIpc) is 2.98. The highest BCUT2D eigenvalue weighted by molar-refractivity contribution is 5.80. The van der Waals surface area contributed by atoms with E-state index in [1.54, 1.807) is 0 Å². The largest absolute Gasteiger partial charge is 0.357 e. The van der Waals surface area contributed by atoms with Crippen LogP contribution >= 0.6 is 0 Å². The van der Waals surface area contributed by atoms with Crippen molar-refractivity contribution in [1.29, 1.82) is 0 Å². The third kappa shape index (κ3) is 3.75. The van der Waals surface area contributed by atoms with E-state index in [1.165, 1.54) is 25.7 Å². The van der Waals surface area contributed by atoms with Crippen LogP contribution in [0.1, 0.15) is 38.2 Å². The van der Waals surface area contributed by atoms with Crippen molar-refractivity contribution in [2.45, 2.75) is 45.2 Å². The van der Waals surface area contributed by atoms with Crippen LogP contribution in [0.5, 0.6) is 0 Å². The second kappa shape index (κ2) is 6.42. The van der Waals surface area contributed by atoms with Crippen molar-refractivity contribution in [3.05, 3.63) is 18.0 Å². The predicted molar refractivity (Wildman–Crippen MR) is 73.4 cm³/mol. The molecule has 0 spiro atoms. The smallest absolute Gasteiger partial charge is 0.191 e. The quantitative estimate of drug-likeness (QED) is 0.627. The van der Waals surface area contributed by atoms with Crippen molar-refractivity contribution in [2.75, 3.05) is 6.54 Å². The van der Waals surface area contributed by atoms with Crippen molar-refractivity contribution in [3.63, 3.8) is 0 Å². The van der Waals surface area contributed by atoms with Gasteiger partial charge in [-0.2, -0.15) is 5.10 Å². The molecule has 0 bridgehead atoms. The first-order valence-electron chi connectivity index (χ1n) is 6.80. The summed E-state index contributed by atoms with van der Waals surface area (Å²) in [6.45, 7) is 3.66. The van der Waals surface area contributed by atoms with E-state index < -0.39 is 0 Å². The number of aliphatic imine (C=N–C) groups is 1. The number of aromatic nitrogens is 2. The summed E-state index contributed by atoms with van der Waals surface area (Å²) in [6.07, 6.45) is 9.05.